The first kappa shape index (κ1) is 10.9. The first-order chi connectivity index (χ1) is 6.81. The highest BCUT2D eigenvalue weighted by molar-refractivity contribution is 9.09. The fourth-order valence-corrected chi connectivity index (χ4v) is 3.32. The Morgan fingerprint density at radius 3 is 2.36 bits per heavy atom. The van der Waals surface area contributed by atoms with Crippen molar-refractivity contribution in [2.45, 2.75) is 68.9 Å². The van der Waals surface area contributed by atoms with Gasteiger partial charge in [-0.25, -0.2) is 0 Å². The summed E-state index contributed by atoms with van der Waals surface area (Å²) in [6, 6.07) is 0. The van der Waals surface area contributed by atoms with Gasteiger partial charge < -0.3 is 4.74 Å². The molecule has 14 heavy (non-hydrogen) atoms. The number of halogens is 1. The number of hydrogen-bond donors (Lipinski definition) is 0. The largest absolute Gasteiger partial charge is 0.374 e. The minimum Gasteiger partial charge on any atom is -0.374 e. The van der Waals surface area contributed by atoms with Crippen molar-refractivity contribution in [3.8, 4) is 0 Å². The van der Waals surface area contributed by atoms with Crippen molar-refractivity contribution in [1.29, 1.82) is 0 Å². The van der Waals surface area contributed by atoms with Crippen LogP contribution in [0.4, 0.5) is 0 Å². The first-order valence-corrected chi connectivity index (χ1v) is 7.02. The van der Waals surface area contributed by atoms with Crippen molar-refractivity contribution >= 4 is 15.9 Å². The van der Waals surface area contributed by atoms with Crippen LogP contribution in [0.25, 0.3) is 0 Å². The van der Waals surface area contributed by atoms with Gasteiger partial charge in [-0.3, -0.25) is 0 Å². The molecular formula is C12H21BrO. The van der Waals surface area contributed by atoms with Gasteiger partial charge in [-0.15, -0.1) is 0 Å². The normalized spacial score (nSPS) is 35.6. The van der Waals surface area contributed by atoms with Gasteiger partial charge in [-0.1, -0.05) is 29.3 Å². The van der Waals surface area contributed by atoms with Gasteiger partial charge >= 0.3 is 0 Å². The van der Waals surface area contributed by atoms with Crippen molar-refractivity contribution in [2.75, 3.05) is 0 Å². The molecule has 2 aliphatic rings. The lowest BCUT2D eigenvalue weighted by atomic mass is 9.80. The first-order valence-electron chi connectivity index (χ1n) is 6.10. The Morgan fingerprint density at radius 1 is 1.21 bits per heavy atom. The molecule has 0 bridgehead atoms. The molecule has 82 valence electrons. The summed E-state index contributed by atoms with van der Waals surface area (Å²) in [6.07, 6.45) is 10.4. The summed E-state index contributed by atoms with van der Waals surface area (Å²) in [5.74, 6) is 0.875. The van der Waals surface area contributed by atoms with Crippen LogP contribution in [0.5, 0.6) is 0 Å². The molecule has 2 rings (SSSR count). The molecule has 0 spiro atoms. The topological polar surface area (TPSA) is 9.23 Å². The predicted octanol–water partition coefficient (Wildman–Crippen LogP) is 3.90. The second-order valence-electron chi connectivity index (χ2n) is 4.76. The van der Waals surface area contributed by atoms with Crippen molar-refractivity contribution < 1.29 is 4.74 Å². The Kier molecular flexibility index (Phi) is 3.89. The molecule has 3 unspecified atom stereocenters. The Bertz CT molecular complexity index is 179. The summed E-state index contributed by atoms with van der Waals surface area (Å²) in [5.41, 5.74) is 0. The highest BCUT2D eigenvalue weighted by Gasteiger charge is 2.32. The molecule has 2 saturated carbocycles. The van der Waals surface area contributed by atoms with Crippen LogP contribution < -0.4 is 0 Å². The van der Waals surface area contributed by atoms with Crippen molar-refractivity contribution in [2.24, 2.45) is 5.92 Å². The van der Waals surface area contributed by atoms with Gasteiger partial charge in [0.2, 0.25) is 0 Å². The molecular weight excluding hydrogens is 240 g/mol. The lowest BCUT2D eigenvalue weighted by molar-refractivity contribution is -0.0571. The maximum absolute atomic E-state index is 6.23. The summed E-state index contributed by atoms with van der Waals surface area (Å²) in [4.78, 5) is 0.622. The molecule has 1 nitrogen and oxygen atoms in total. The van der Waals surface area contributed by atoms with E-state index in [0.717, 1.165) is 5.92 Å². The zero-order valence-corrected chi connectivity index (χ0v) is 10.6. The van der Waals surface area contributed by atoms with Crippen LogP contribution in [-0.4, -0.2) is 17.0 Å². The van der Waals surface area contributed by atoms with E-state index in [1.807, 2.05) is 0 Å². The summed E-state index contributed by atoms with van der Waals surface area (Å²) in [6.45, 7) is 2.27. The van der Waals surface area contributed by atoms with Crippen LogP contribution in [0.3, 0.4) is 0 Å². The smallest absolute Gasteiger partial charge is 0.0703 e. The molecule has 3 atom stereocenters. The quantitative estimate of drug-likeness (QED) is 0.697. The van der Waals surface area contributed by atoms with Gasteiger partial charge in [-0.2, -0.15) is 0 Å². The molecule has 0 aromatic carbocycles. The predicted molar refractivity (Wildman–Crippen MR) is 62.9 cm³/mol. The Balaban J connectivity index is 1.80. The number of ether oxygens (including phenoxy) is 1. The summed E-state index contributed by atoms with van der Waals surface area (Å²) in [7, 11) is 0. The Labute approximate surface area is 95.7 Å². The summed E-state index contributed by atoms with van der Waals surface area (Å²) in [5, 5.41) is 0. The Hall–Kier alpha value is 0.440. The van der Waals surface area contributed by atoms with Crippen molar-refractivity contribution in [1.82, 2.24) is 0 Å². The van der Waals surface area contributed by atoms with Crippen LogP contribution >= 0.6 is 15.9 Å². The van der Waals surface area contributed by atoms with E-state index < -0.39 is 0 Å². The minimum atomic E-state index is 0.501. The lowest BCUT2D eigenvalue weighted by Crippen LogP contribution is -2.34. The van der Waals surface area contributed by atoms with Crippen LogP contribution in [0.2, 0.25) is 0 Å². The second kappa shape index (κ2) is 4.98. The van der Waals surface area contributed by atoms with E-state index in [2.05, 4.69) is 22.9 Å². The number of alkyl halides is 1. The van der Waals surface area contributed by atoms with E-state index >= 15 is 0 Å². The van der Waals surface area contributed by atoms with E-state index in [1.165, 1.54) is 44.9 Å². The van der Waals surface area contributed by atoms with E-state index in [1.54, 1.807) is 0 Å². The molecule has 0 amide bonds. The van der Waals surface area contributed by atoms with E-state index in [4.69, 9.17) is 4.74 Å². The van der Waals surface area contributed by atoms with Crippen LogP contribution in [-0.2, 0) is 4.74 Å². The standard InChI is InChI=1S/C12H21BrO/c1-2-11(9-5-3-6-9)14-12-8-4-7-10(12)13/h9-12H,2-8H2,1H3. The van der Waals surface area contributed by atoms with Gasteiger partial charge in [0.25, 0.3) is 0 Å². The third kappa shape index (κ3) is 2.33. The zero-order valence-electron chi connectivity index (χ0n) is 9.05. The van der Waals surface area contributed by atoms with Crippen LogP contribution in [0.15, 0.2) is 0 Å². The molecule has 0 N–H and O–H groups in total. The van der Waals surface area contributed by atoms with Crippen molar-refractivity contribution in [3.05, 3.63) is 0 Å². The van der Waals surface area contributed by atoms with Gasteiger partial charge in [0, 0.05) is 4.83 Å². The van der Waals surface area contributed by atoms with Gasteiger partial charge in [0.15, 0.2) is 0 Å². The molecule has 0 aromatic rings. The molecule has 2 aliphatic carbocycles. The Morgan fingerprint density at radius 2 is 1.93 bits per heavy atom. The highest BCUT2D eigenvalue weighted by Crippen LogP contribution is 2.36. The van der Waals surface area contributed by atoms with Gasteiger partial charge in [0.05, 0.1) is 12.2 Å². The average molecular weight is 261 g/mol. The van der Waals surface area contributed by atoms with E-state index in [0.29, 0.717) is 17.0 Å². The lowest BCUT2D eigenvalue weighted by Gasteiger charge is -2.35. The number of rotatable bonds is 4. The summed E-state index contributed by atoms with van der Waals surface area (Å²) >= 11 is 3.73. The minimum absolute atomic E-state index is 0.501. The second-order valence-corrected chi connectivity index (χ2v) is 5.94. The molecule has 0 aliphatic heterocycles. The summed E-state index contributed by atoms with van der Waals surface area (Å²) < 4.78 is 6.23. The molecule has 2 heteroatoms. The fraction of sp³-hybridized carbons (Fsp3) is 1.00. The fourth-order valence-electron chi connectivity index (χ4n) is 2.61. The molecule has 0 radical (unpaired) electrons. The maximum Gasteiger partial charge on any atom is 0.0703 e. The van der Waals surface area contributed by atoms with E-state index in [-0.39, 0.29) is 0 Å². The monoisotopic (exact) mass is 260 g/mol. The molecule has 2 fully saturated rings. The molecule has 0 aromatic heterocycles. The number of hydrogen-bond acceptors (Lipinski definition) is 1. The van der Waals surface area contributed by atoms with Crippen LogP contribution in [0.1, 0.15) is 51.9 Å². The molecule has 0 saturated heterocycles. The third-order valence-corrected chi connectivity index (χ3v) is 4.85. The molecule has 0 heterocycles. The van der Waals surface area contributed by atoms with Crippen molar-refractivity contribution in [3.63, 3.8) is 0 Å². The van der Waals surface area contributed by atoms with E-state index in [9.17, 15) is 0 Å². The van der Waals surface area contributed by atoms with Gasteiger partial charge in [-0.05, 0) is 44.4 Å². The zero-order chi connectivity index (χ0) is 9.97. The van der Waals surface area contributed by atoms with Gasteiger partial charge in [0.1, 0.15) is 0 Å². The highest BCUT2D eigenvalue weighted by atomic mass is 79.9. The van der Waals surface area contributed by atoms with Crippen LogP contribution in [0, 0.1) is 5.92 Å². The third-order valence-electron chi connectivity index (χ3n) is 3.80. The SMILES string of the molecule is CCC(OC1CCCC1Br)C1CCC1. The maximum atomic E-state index is 6.23. The average Bonchev–Trinajstić information content (AvgIpc) is 2.47.